The highest BCUT2D eigenvalue weighted by atomic mass is 15.1. The largest absolute Gasteiger partial charge is 0.299 e. The molecule has 0 aliphatic rings. The van der Waals surface area contributed by atoms with Crippen molar-refractivity contribution in [2.45, 2.75) is 26.7 Å². The molecule has 0 aliphatic heterocycles. The van der Waals surface area contributed by atoms with Gasteiger partial charge < -0.3 is 0 Å². The van der Waals surface area contributed by atoms with Gasteiger partial charge in [-0.1, -0.05) is 105 Å². The molecule has 0 atom stereocenters. The molecule has 0 radical (unpaired) electrons. The van der Waals surface area contributed by atoms with Gasteiger partial charge in [0.25, 0.3) is 0 Å². The van der Waals surface area contributed by atoms with Gasteiger partial charge in [0.15, 0.2) is 0 Å². The van der Waals surface area contributed by atoms with Gasteiger partial charge in [-0.2, -0.15) is 0 Å². The number of imidazole rings is 1. The van der Waals surface area contributed by atoms with E-state index in [9.17, 15) is 0 Å². The van der Waals surface area contributed by atoms with Crippen LogP contribution in [-0.4, -0.2) is 9.55 Å². The number of hydrogen-bond donors (Lipinski definition) is 0. The van der Waals surface area contributed by atoms with Crippen molar-refractivity contribution in [3.63, 3.8) is 0 Å². The summed E-state index contributed by atoms with van der Waals surface area (Å²) in [6.07, 6.45) is 5.90. The fourth-order valence-electron chi connectivity index (χ4n) is 4.80. The minimum atomic E-state index is 0.939. The lowest BCUT2D eigenvalue weighted by Gasteiger charge is -2.24. The van der Waals surface area contributed by atoms with Crippen LogP contribution >= 0.6 is 0 Å². The number of hydrogen-bond acceptors (Lipinski definition) is 1. The lowest BCUT2D eigenvalue weighted by Crippen LogP contribution is -2.08. The molecule has 1 heterocycles. The predicted octanol–water partition coefficient (Wildman–Crippen LogP) is 8.00. The van der Waals surface area contributed by atoms with Gasteiger partial charge in [-0.25, -0.2) is 4.98 Å². The van der Waals surface area contributed by atoms with Crippen molar-refractivity contribution in [3.05, 3.63) is 121 Å². The van der Waals surface area contributed by atoms with Crippen molar-refractivity contribution in [2.75, 3.05) is 0 Å². The minimum absolute atomic E-state index is 0.939. The first-order valence-corrected chi connectivity index (χ1v) is 11.7. The van der Waals surface area contributed by atoms with Crippen LogP contribution in [0, 0.1) is 0 Å². The van der Waals surface area contributed by atoms with Crippen LogP contribution in [0.4, 0.5) is 0 Å². The first kappa shape index (κ1) is 21.0. The zero-order valence-electron chi connectivity index (χ0n) is 19.2. The highest BCUT2D eigenvalue weighted by molar-refractivity contribution is 5.83. The van der Waals surface area contributed by atoms with E-state index >= 15 is 0 Å². The Balaban J connectivity index is 1.87. The molecule has 0 bridgehead atoms. The summed E-state index contributed by atoms with van der Waals surface area (Å²) in [4.78, 5) is 4.78. The zero-order valence-corrected chi connectivity index (χ0v) is 19.2. The topological polar surface area (TPSA) is 17.8 Å². The Morgan fingerprint density at radius 2 is 1.06 bits per heavy atom. The predicted molar refractivity (Wildman–Crippen MR) is 139 cm³/mol. The molecular formula is C31H28N2. The lowest BCUT2D eigenvalue weighted by molar-refractivity contribution is 0.972. The van der Waals surface area contributed by atoms with Gasteiger partial charge in [0.2, 0.25) is 0 Å². The average molecular weight is 429 g/mol. The Hall–Kier alpha value is -3.91. The lowest BCUT2D eigenvalue weighted by atomic mass is 9.86. The van der Waals surface area contributed by atoms with Gasteiger partial charge in [0.05, 0.1) is 5.69 Å². The summed E-state index contributed by atoms with van der Waals surface area (Å²) in [5.41, 5.74) is 10.2. The second-order valence-corrected chi connectivity index (χ2v) is 8.20. The van der Waals surface area contributed by atoms with Crippen LogP contribution in [0.15, 0.2) is 109 Å². The van der Waals surface area contributed by atoms with Gasteiger partial charge >= 0.3 is 0 Å². The molecule has 2 heteroatoms. The molecule has 1 aromatic heterocycles. The maximum absolute atomic E-state index is 4.78. The molecule has 0 amide bonds. The van der Waals surface area contributed by atoms with E-state index in [1.165, 1.54) is 39.1 Å². The molecule has 0 aliphatic carbocycles. The summed E-state index contributed by atoms with van der Waals surface area (Å²) >= 11 is 0. The molecule has 5 rings (SSSR count). The van der Waals surface area contributed by atoms with E-state index in [1.807, 2.05) is 6.20 Å². The quantitative estimate of drug-likeness (QED) is 0.268. The maximum Gasteiger partial charge on any atom is 0.144 e. The Morgan fingerprint density at radius 1 is 0.606 bits per heavy atom. The van der Waals surface area contributed by atoms with E-state index in [2.05, 4.69) is 122 Å². The van der Waals surface area contributed by atoms with E-state index in [4.69, 9.17) is 4.98 Å². The highest BCUT2D eigenvalue weighted by Gasteiger charge is 2.21. The first-order valence-electron chi connectivity index (χ1n) is 11.7. The van der Waals surface area contributed by atoms with Gasteiger partial charge in [-0.15, -0.1) is 0 Å². The molecule has 33 heavy (non-hydrogen) atoms. The van der Waals surface area contributed by atoms with Crippen LogP contribution in [0.3, 0.4) is 0 Å². The smallest absolute Gasteiger partial charge is 0.144 e. The van der Waals surface area contributed by atoms with Crippen molar-refractivity contribution in [3.8, 4) is 39.3 Å². The zero-order chi connectivity index (χ0) is 22.6. The van der Waals surface area contributed by atoms with Gasteiger partial charge in [0, 0.05) is 18.0 Å². The standard InChI is InChI=1S/C31H28N2/c1-3-26-28(23-14-8-5-9-15-23)22-29(24-16-10-6-11-17-24)27(4-2)30(26)33-21-20-32-31(33)25-18-12-7-13-19-25/h5-22H,3-4H2,1-2H3. The molecule has 0 fully saturated rings. The molecule has 0 saturated carbocycles. The van der Waals surface area contributed by atoms with E-state index in [1.54, 1.807) is 0 Å². The van der Waals surface area contributed by atoms with Crippen LogP contribution in [0.25, 0.3) is 39.3 Å². The van der Waals surface area contributed by atoms with Crippen LogP contribution < -0.4 is 0 Å². The summed E-state index contributed by atoms with van der Waals surface area (Å²) in [5, 5.41) is 0. The van der Waals surface area contributed by atoms with E-state index in [0.29, 0.717) is 0 Å². The Morgan fingerprint density at radius 3 is 1.52 bits per heavy atom. The monoisotopic (exact) mass is 428 g/mol. The van der Waals surface area contributed by atoms with Gasteiger partial charge in [-0.05, 0) is 52.3 Å². The summed E-state index contributed by atoms with van der Waals surface area (Å²) in [5.74, 6) is 0.976. The molecular weight excluding hydrogens is 400 g/mol. The van der Waals surface area contributed by atoms with Crippen LogP contribution in [0.2, 0.25) is 0 Å². The second-order valence-electron chi connectivity index (χ2n) is 8.20. The fraction of sp³-hybridized carbons (Fsp3) is 0.129. The molecule has 5 aromatic rings. The Kier molecular flexibility index (Phi) is 5.91. The number of nitrogens with zero attached hydrogens (tertiary/aromatic N) is 2. The van der Waals surface area contributed by atoms with Gasteiger partial charge in [0.1, 0.15) is 5.82 Å². The third-order valence-electron chi connectivity index (χ3n) is 6.30. The third-order valence-corrected chi connectivity index (χ3v) is 6.30. The van der Waals surface area contributed by atoms with Crippen molar-refractivity contribution >= 4 is 0 Å². The summed E-state index contributed by atoms with van der Waals surface area (Å²) in [7, 11) is 0. The van der Waals surface area contributed by atoms with E-state index < -0.39 is 0 Å². The molecule has 2 nitrogen and oxygen atoms in total. The van der Waals surface area contributed by atoms with Gasteiger partial charge in [-0.3, -0.25) is 4.57 Å². The molecule has 4 aromatic carbocycles. The molecule has 0 unspecified atom stereocenters. The fourth-order valence-corrected chi connectivity index (χ4v) is 4.80. The minimum Gasteiger partial charge on any atom is -0.299 e. The average Bonchev–Trinajstić information content (AvgIpc) is 3.38. The molecule has 0 N–H and O–H groups in total. The maximum atomic E-state index is 4.78. The Bertz CT molecular complexity index is 1280. The first-order chi connectivity index (χ1) is 16.3. The van der Waals surface area contributed by atoms with Crippen molar-refractivity contribution in [1.82, 2.24) is 9.55 Å². The highest BCUT2D eigenvalue weighted by Crippen LogP contribution is 2.40. The number of benzene rings is 4. The normalized spacial score (nSPS) is 11.0. The Labute approximate surface area is 196 Å². The van der Waals surface area contributed by atoms with E-state index in [-0.39, 0.29) is 0 Å². The molecule has 0 saturated heterocycles. The number of rotatable bonds is 6. The summed E-state index contributed by atoms with van der Waals surface area (Å²) < 4.78 is 2.30. The summed E-state index contributed by atoms with van der Waals surface area (Å²) in [6.45, 7) is 4.51. The van der Waals surface area contributed by atoms with Crippen molar-refractivity contribution in [2.24, 2.45) is 0 Å². The van der Waals surface area contributed by atoms with Crippen LogP contribution in [0.5, 0.6) is 0 Å². The number of aromatic nitrogens is 2. The van der Waals surface area contributed by atoms with Crippen molar-refractivity contribution < 1.29 is 0 Å². The molecule has 162 valence electrons. The van der Waals surface area contributed by atoms with E-state index in [0.717, 1.165) is 24.2 Å². The summed E-state index contributed by atoms with van der Waals surface area (Å²) in [6, 6.07) is 34.4. The molecule has 0 spiro atoms. The second kappa shape index (κ2) is 9.30. The van der Waals surface area contributed by atoms with Crippen LogP contribution in [-0.2, 0) is 12.8 Å². The SMILES string of the molecule is CCc1c(-c2ccccc2)cc(-c2ccccc2)c(CC)c1-n1ccnc1-c1ccccc1. The van der Waals surface area contributed by atoms with Crippen molar-refractivity contribution in [1.29, 1.82) is 0 Å². The van der Waals surface area contributed by atoms with Crippen LogP contribution in [0.1, 0.15) is 25.0 Å². The third kappa shape index (κ3) is 3.89.